The molecule has 1 amide bonds. The first-order chi connectivity index (χ1) is 15.5. The lowest BCUT2D eigenvalue weighted by Crippen LogP contribution is -2.37. The summed E-state index contributed by atoms with van der Waals surface area (Å²) in [5, 5.41) is 0.586. The number of pyridine rings is 2. The second kappa shape index (κ2) is 8.52. The van der Waals surface area contributed by atoms with Crippen molar-refractivity contribution in [1.29, 1.82) is 0 Å². The van der Waals surface area contributed by atoms with E-state index < -0.39 is 0 Å². The summed E-state index contributed by atoms with van der Waals surface area (Å²) in [7, 11) is 0. The van der Waals surface area contributed by atoms with Gasteiger partial charge < -0.3 is 19.1 Å². The number of nitrogens with zero attached hydrogens (tertiary/aromatic N) is 6. The highest BCUT2D eigenvalue weighted by Gasteiger charge is 2.27. The lowest BCUT2D eigenvalue weighted by molar-refractivity contribution is -0.125. The number of aromatic nitrogens is 4. The molecule has 0 spiro atoms. The molecule has 1 atom stereocenters. The number of fused-ring (bicyclic) bond motifs is 1. The van der Waals surface area contributed by atoms with Crippen LogP contribution in [-0.4, -0.2) is 57.1 Å². The Morgan fingerprint density at radius 3 is 2.84 bits per heavy atom. The molecule has 32 heavy (non-hydrogen) atoms. The van der Waals surface area contributed by atoms with Crippen LogP contribution in [0.25, 0.3) is 11.3 Å². The fourth-order valence-electron chi connectivity index (χ4n) is 4.35. The Morgan fingerprint density at radius 1 is 1.16 bits per heavy atom. The summed E-state index contributed by atoms with van der Waals surface area (Å²) >= 11 is 6.50. The van der Waals surface area contributed by atoms with E-state index in [2.05, 4.69) is 25.5 Å². The van der Waals surface area contributed by atoms with Gasteiger partial charge in [-0.3, -0.25) is 9.78 Å². The highest BCUT2D eigenvalue weighted by atomic mass is 35.5. The van der Waals surface area contributed by atoms with Crippen LogP contribution in [0.3, 0.4) is 0 Å². The predicted octanol–water partition coefficient (Wildman–Crippen LogP) is 3.16. The molecule has 8 nitrogen and oxygen atoms in total. The number of imidazole rings is 1. The van der Waals surface area contributed by atoms with E-state index in [1.165, 1.54) is 0 Å². The maximum Gasteiger partial charge on any atom is 0.209 e. The predicted molar refractivity (Wildman–Crippen MR) is 122 cm³/mol. The SMILES string of the molecule is Cc1cnc(-c2cc(N3CCn4cc(C5CN(C=O)CCO5)nc4C3)ncc2Cl)c(C)c1. The van der Waals surface area contributed by atoms with E-state index in [1.807, 2.05) is 32.3 Å². The van der Waals surface area contributed by atoms with Gasteiger partial charge in [0.2, 0.25) is 6.41 Å². The Kier molecular flexibility index (Phi) is 5.57. The molecular weight excluding hydrogens is 428 g/mol. The van der Waals surface area contributed by atoms with Crippen LogP contribution >= 0.6 is 11.6 Å². The lowest BCUT2D eigenvalue weighted by Gasteiger charge is -2.29. The number of rotatable bonds is 4. The van der Waals surface area contributed by atoms with Crippen LogP contribution in [0.2, 0.25) is 5.02 Å². The third-order valence-corrected chi connectivity index (χ3v) is 6.33. The van der Waals surface area contributed by atoms with Gasteiger partial charge in [0, 0.05) is 43.8 Å². The highest BCUT2D eigenvalue weighted by Crippen LogP contribution is 2.32. The first-order valence-corrected chi connectivity index (χ1v) is 11.1. The molecule has 9 heteroatoms. The highest BCUT2D eigenvalue weighted by molar-refractivity contribution is 6.33. The van der Waals surface area contributed by atoms with Crippen LogP contribution in [-0.2, 0) is 22.6 Å². The minimum Gasteiger partial charge on any atom is -0.368 e. The second-order valence-electron chi connectivity index (χ2n) is 8.36. The topological polar surface area (TPSA) is 76.4 Å². The van der Waals surface area contributed by atoms with Gasteiger partial charge >= 0.3 is 0 Å². The maximum absolute atomic E-state index is 11.1. The number of amides is 1. The molecule has 2 aliphatic heterocycles. The zero-order chi connectivity index (χ0) is 22.2. The van der Waals surface area contributed by atoms with E-state index in [9.17, 15) is 4.79 Å². The summed E-state index contributed by atoms with van der Waals surface area (Å²) in [5.41, 5.74) is 4.83. The smallest absolute Gasteiger partial charge is 0.209 e. The fourth-order valence-corrected chi connectivity index (χ4v) is 4.54. The summed E-state index contributed by atoms with van der Waals surface area (Å²) in [4.78, 5) is 29.1. The van der Waals surface area contributed by atoms with Crippen molar-refractivity contribution in [3.8, 4) is 11.3 Å². The molecule has 166 valence electrons. The average molecular weight is 453 g/mol. The summed E-state index contributed by atoms with van der Waals surface area (Å²) < 4.78 is 8.02. The Balaban J connectivity index is 1.39. The monoisotopic (exact) mass is 452 g/mol. The van der Waals surface area contributed by atoms with Gasteiger partial charge in [-0.05, 0) is 31.0 Å². The van der Waals surface area contributed by atoms with Crippen molar-refractivity contribution in [2.75, 3.05) is 31.1 Å². The van der Waals surface area contributed by atoms with Gasteiger partial charge in [0.1, 0.15) is 17.7 Å². The minimum absolute atomic E-state index is 0.184. The molecule has 5 rings (SSSR count). The molecule has 0 N–H and O–H groups in total. The number of aryl methyl sites for hydroxylation is 2. The average Bonchev–Trinajstić information content (AvgIpc) is 3.23. The summed E-state index contributed by atoms with van der Waals surface area (Å²) in [6, 6.07) is 4.12. The largest absolute Gasteiger partial charge is 0.368 e. The Morgan fingerprint density at radius 2 is 2.03 bits per heavy atom. The number of anilines is 1. The number of ether oxygens (including phenoxy) is 1. The molecule has 3 aromatic heterocycles. The number of halogens is 1. The van der Waals surface area contributed by atoms with Crippen molar-refractivity contribution in [2.24, 2.45) is 0 Å². The molecule has 0 radical (unpaired) electrons. The van der Waals surface area contributed by atoms with Gasteiger partial charge in [-0.2, -0.15) is 0 Å². The van der Waals surface area contributed by atoms with Crippen LogP contribution in [0, 0.1) is 13.8 Å². The molecular formula is C23H25ClN6O2. The first kappa shape index (κ1) is 20.9. The number of carbonyl (C=O) groups excluding carboxylic acids is 1. The van der Waals surface area contributed by atoms with E-state index >= 15 is 0 Å². The Hall–Kier alpha value is -2.97. The molecule has 0 aliphatic carbocycles. The zero-order valence-electron chi connectivity index (χ0n) is 18.2. The van der Waals surface area contributed by atoms with Gasteiger partial charge in [-0.25, -0.2) is 9.97 Å². The van der Waals surface area contributed by atoms with Crippen LogP contribution in [0.4, 0.5) is 5.82 Å². The number of hydrogen-bond acceptors (Lipinski definition) is 6. The quantitative estimate of drug-likeness (QED) is 0.566. The van der Waals surface area contributed by atoms with Crippen molar-refractivity contribution in [1.82, 2.24) is 24.4 Å². The van der Waals surface area contributed by atoms with E-state index in [-0.39, 0.29) is 6.10 Å². The van der Waals surface area contributed by atoms with Crippen LogP contribution < -0.4 is 4.90 Å². The number of carbonyl (C=O) groups is 1. The standard InChI is InChI=1S/C23H25ClN6O2/c1-15-7-16(2)23(26-9-15)17-8-21(25-10-18(17)24)30-4-3-29-11-19(27-22(29)13-30)20-12-28(14-31)5-6-32-20/h7-11,14,20H,3-6,12-13H2,1-2H3. The molecule has 0 aromatic carbocycles. The van der Waals surface area contributed by atoms with Crippen molar-refractivity contribution < 1.29 is 9.53 Å². The molecule has 5 heterocycles. The van der Waals surface area contributed by atoms with Crippen LogP contribution in [0.1, 0.15) is 28.7 Å². The third-order valence-electron chi connectivity index (χ3n) is 6.03. The van der Waals surface area contributed by atoms with Crippen molar-refractivity contribution in [3.05, 3.63) is 58.4 Å². The number of hydrogen-bond donors (Lipinski definition) is 0. The minimum atomic E-state index is -0.184. The van der Waals surface area contributed by atoms with E-state index in [1.54, 1.807) is 11.1 Å². The van der Waals surface area contributed by atoms with Crippen molar-refractivity contribution in [3.63, 3.8) is 0 Å². The second-order valence-corrected chi connectivity index (χ2v) is 8.76. The first-order valence-electron chi connectivity index (χ1n) is 10.7. The maximum atomic E-state index is 11.1. The molecule has 3 aromatic rings. The van der Waals surface area contributed by atoms with Gasteiger partial charge in [0.05, 0.1) is 36.1 Å². The Labute approximate surface area is 191 Å². The van der Waals surface area contributed by atoms with E-state index in [4.69, 9.17) is 21.3 Å². The van der Waals surface area contributed by atoms with Gasteiger partial charge in [-0.1, -0.05) is 17.7 Å². The van der Waals surface area contributed by atoms with Gasteiger partial charge in [0.15, 0.2) is 0 Å². The Bertz CT molecular complexity index is 1160. The number of morpholine rings is 1. The van der Waals surface area contributed by atoms with Crippen molar-refractivity contribution >= 4 is 23.8 Å². The summed E-state index contributed by atoms with van der Waals surface area (Å²) in [6.07, 6.45) is 6.30. The fraction of sp³-hybridized carbons (Fsp3) is 0.391. The lowest BCUT2D eigenvalue weighted by atomic mass is 10.1. The molecule has 2 aliphatic rings. The van der Waals surface area contributed by atoms with Gasteiger partial charge in [-0.15, -0.1) is 0 Å². The van der Waals surface area contributed by atoms with E-state index in [0.29, 0.717) is 31.3 Å². The molecule has 0 saturated carbocycles. The van der Waals surface area contributed by atoms with Crippen molar-refractivity contribution in [2.45, 2.75) is 33.0 Å². The van der Waals surface area contributed by atoms with E-state index in [0.717, 1.165) is 59.2 Å². The summed E-state index contributed by atoms with van der Waals surface area (Å²) in [6.45, 7) is 8.01. The zero-order valence-corrected chi connectivity index (χ0v) is 18.9. The third kappa shape index (κ3) is 3.96. The normalized spacial score (nSPS) is 18.5. The molecule has 0 bridgehead atoms. The van der Waals surface area contributed by atoms with Crippen LogP contribution in [0.15, 0.2) is 30.7 Å². The van der Waals surface area contributed by atoms with Crippen LogP contribution in [0.5, 0.6) is 0 Å². The molecule has 1 fully saturated rings. The summed E-state index contributed by atoms with van der Waals surface area (Å²) in [5.74, 6) is 1.81. The molecule has 1 saturated heterocycles. The molecule has 1 unspecified atom stereocenters. The van der Waals surface area contributed by atoms with Gasteiger partial charge in [0.25, 0.3) is 0 Å².